The van der Waals surface area contributed by atoms with Gasteiger partial charge in [-0.1, -0.05) is 0 Å². The third-order valence-electron chi connectivity index (χ3n) is 2.41. The standard InChI is InChI=1S/C11H10N4OSSe/c1-2-17-11-12-10(13-14-11)15-9(16)7-5-3-4-6-8(7)18-15/h3-6H,2H2,1H3,(H,12,13,14). The molecule has 0 aliphatic carbocycles. The van der Waals surface area contributed by atoms with Gasteiger partial charge in [0.1, 0.15) is 0 Å². The van der Waals surface area contributed by atoms with Crippen molar-refractivity contribution in [3.8, 4) is 5.95 Å². The molecule has 0 saturated carbocycles. The summed E-state index contributed by atoms with van der Waals surface area (Å²) in [7, 11) is 0. The number of hydrogen-bond donors (Lipinski definition) is 1. The Bertz CT molecular complexity index is 745. The number of benzene rings is 1. The van der Waals surface area contributed by atoms with Crippen LogP contribution in [0, 0.1) is 0 Å². The van der Waals surface area contributed by atoms with Gasteiger partial charge in [-0.25, -0.2) is 0 Å². The maximum absolute atomic E-state index is 12.2. The van der Waals surface area contributed by atoms with Crippen molar-refractivity contribution >= 4 is 36.1 Å². The van der Waals surface area contributed by atoms with E-state index in [0.717, 1.165) is 15.4 Å². The summed E-state index contributed by atoms with van der Waals surface area (Å²) in [5.74, 6) is 1.46. The molecule has 0 bridgehead atoms. The van der Waals surface area contributed by atoms with Crippen LogP contribution in [0.5, 0.6) is 0 Å². The normalized spacial score (nSPS) is 11.2. The zero-order valence-corrected chi connectivity index (χ0v) is 12.1. The van der Waals surface area contributed by atoms with E-state index in [-0.39, 0.29) is 20.3 Å². The first-order valence-corrected chi connectivity index (χ1v) is 8.07. The van der Waals surface area contributed by atoms with E-state index in [0.29, 0.717) is 11.1 Å². The van der Waals surface area contributed by atoms with Crippen LogP contribution in [0.2, 0.25) is 0 Å². The van der Waals surface area contributed by atoms with Crippen LogP contribution < -0.4 is 5.56 Å². The van der Waals surface area contributed by atoms with Gasteiger partial charge in [0, 0.05) is 0 Å². The fourth-order valence-corrected chi connectivity index (χ4v) is 4.12. The van der Waals surface area contributed by atoms with Crippen LogP contribution in [0.15, 0.2) is 34.2 Å². The fourth-order valence-electron chi connectivity index (χ4n) is 1.63. The molecule has 0 aliphatic heterocycles. The second-order valence-corrected chi connectivity index (χ2v) is 6.86. The molecule has 3 aromatic rings. The zero-order valence-electron chi connectivity index (χ0n) is 9.58. The molecule has 0 spiro atoms. The van der Waals surface area contributed by atoms with Crippen molar-refractivity contribution < 1.29 is 0 Å². The van der Waals surface area contributed by atoms with Crippen molar-refractivity contribution in [3.05, 3.63) is 34.6 Å². The SMILES string of the molecule is CCSc1n[nH]c(-n2[se]c3ccccc3c2=O)n1. The first-order chi connectivity index (χ1) is 8.79. The van der Waals surface area contributed by atoms with Crippen LogP contribution in [0.3, 0.4) is 0 Å². The number of rotatable bonds is 3. The summed E-state index contributed by atoms with van der Waals surface area (Å²) in [5, 5.41) is 8.39. The number of aromatic nitrogens is 4. The summed E-state index contributed by atoms with van der Waals surface area (Å²) in [6.45, 7) is 2.04. The van der Waals surface area contributed by atoms with Crippen molar-refractivity contribution in [1.29, 1.82) is 0 Å². The van der Waals surface area contributed by atoms with Crippen LogP contribution in [0.4, 0.5) is 0 Å². The van der Waals surface area contributed by atoms with Crippen molar-refractivity contribution in [1.82, 2.24) is 18.7 Å². The van der Waals surface area contributed by atoms with E-state index in [4.69, 9.17) is 0 Å². The molecule has 92 valence electrons. The van der Waals surface area contributed by atoms with E-state index >= 15 is 0 Å². The minimum absolute atomic E-state index is 0.00907. The third-order valence-corrected chi connectivity index (χ3v) is 5.39. The molecule has 0 aliphatic rings. The molecule has 18 heavy (non-hydrogen) atoms. The molecular formula is C11H10N4OSSe. The monoisotopic (exact) mass is 326 g/mol. The molecule has 3 rings (SSSR count). The molecule has 0 amide bonds. The molecule has 7 heteroatoms. The minimum atomic E-state index is -0.0542. The molecule has 2 heterocycles. The fraction of sp³-hybridized carbons (Fsp3) is 0.182. The summed E-state index contributed by atoms with van der Waals surface area (Å²) in [6, 6.07) is 7.69. The molecule has 0 fully saturated rings. The number of aromatic amines is 1. The number of H-pyrrole nitrogens is 1. The summed E-state index contributed by atoms with van der Waals surface area (Å²) in [5.41, 5.74) is 0.00907. The summed E-state index contributed by atoms with van der Waals surface area (Å²) < 4.78 is 2.78. The van der Waals surface area contributed by atoms with E-state index in [1.807, 2.05) is 31.2 Å². The molecule has 5 nitrogen and oxygen atoms in total. The zero-order chi connectivity index (χ0) is 12.5. The Kier molecular flexibility index (Phi) is 3.11. The Morgan fingerprint density at radius 3 is 3.06 bits per heavy atom. The molecule has 0 saturated heterocycles. The Morgan fingerprint density at radius 2 is 2.28 bits per heavy atom. The molecule has 2 aromatic heterocycles. The number of nitrogens with one attached hydrogen (secondary N) is 1. The molecule has 0 atom stereocenters. The van der Waals surface area contributed by atoms with Gasteiger partial charge in [0.05, 0.1) is 0 Å². The van der Waals surface area contributed by atoms with Crippen molar-refractivity contribution in [3.63, 3.8) is 0 Å². The summed E-state index contributed by atoms with van der Waals surface area (Å²) in [4.78, 5) is 16.5. The van der Waals surface area contributed by atoms with Crippen LogP contribution in [-0.2, 0) is 0 Å². The van der Waals surface area contributed by atoms with Gasteiger partial charge in [0.25, 0.3) is 0 Å². The molecule has 0 radical (unpaired) electrons. The molecule has 0 unspecified atom stereocenters. The van der Waals surface area contributed by atoms with Crippen molar-refractivity contribution in [2.45, 2.75) is 12.1 Å². The van der Waals surface area contributed by atoms with Gasteiger partial charge in [-0.15, -0.1) is 0 Å². The molecule has 1 aromatic carbocycles. The van der Waals surface area contributed by atoms with Gasteiger partial charge in [-0.3, -0.25) is 0 Å². The number of fused-ring (bicyclic) bond motifs is 1. The first-order valence-electron chi connectivity index (χ1n) is 5.46. The van der Waals surface area contributed by atoms with Crippen molar-refractivity contribution in [2.24, 2.45) is 0 Å². The van der Waals surface area contributed by atoms with Gasteiger partial charge < -0.3 is 0 Å². The van der Waals surface area contributed by atoms with E-state index in [2.05, 4.69) is 15.2 Å². The maximum atomic E-state index is 12.2. The van der Waals surface area contributed by atoms with E-state index in [9.17, 15) is 4.79 Å². The predicted octanol–water partition coefficient (Wildman–Crippen LogP) is 1.28. The van der Waals surface area contributed by atoms with Crippen LogP contribution in [0.25, 0.3) is 15.6 Å². The second-order valence-electron chi connectivity index (χ2n) is 3.56. The Labute approximate surface area is 113 Å². The summed E-state index contributed by atoms with van der Waals surface area (Å²) >= 11 is 1.50. The third kappa shape index (κ3) is 1.94. The van der Waals surface area contributed by atoms with Crippen LogP contribution >= 0.6 is 11.8 Å². The first kappa shape index (κ1) is 11.8. The Hall–Kier alpha value is -1.30. The second kappa shape index (κ2) is 4.76. The van der Waals surface area contributed by atoms with Crippen LogP contribution in [-0.4, -0.2) is 39.2 Å². The molecule has 1 N–H and O–H groups in total. The van der Waals surface area contributed by atoms with Gasteiger partial charge in [-0.05, 0) is 0 Å². The van der Waals surface area contributed by atoms with E-state index in [1.165, 1.54) is 0 Å². The number of thioether (sulfide) groups is 1. The average Bonchev–Trinajstić information content (AvgIpc) is 2.96. The average molecular weight is 325 g/mol. The Balaban J connectivity index is 2.13. The number of nitrogens with zero attached hydrogens (tertiary/aromatic N) is 3. The van der Waals surface area contributed by atoms with Crippen LogP contribution in [0.1, 0.15) is 6.92 Å². The predicted molar refractivity (Wildman–Crippen MR) is 72.8 cm³/mol. The van der Waals surface area contributed by atoms with E-state index < -0.39 is 0 Å². The topological polar surface area (TPSA) is 63.6 Å². The van der Waals surface area contributed by atoms with Gasteiger partial charge in [0.2, 0.25) is 0 Å². The van der Waals surface area contributed by atoms with Crippen molar-refractivity contribution in [2.75, 3.05) is 5.75 Å². The van der Waals surface area contributed by atoms with Gasteiger partial charge in [-0.2, -0.15) is 0 Å². The Morgan fingerprint density at radius 1 is 1.44 bits per heavy atom. The number of hydrogen-bond acceptors (Lipinski definition) is 4. The molecular weight excluding hydrogens is 315 g/mol. The van der Waals surface area contributed by atoms with Gasteiger partial charge >= 0.3 is 113 Å². The van der Waals surface area contributed by atoms with E-state index in [1.54, 1.807) is 15.3 Å². The van der Waals surface area contributed by atoms with Gasteiger partial charge in [0.15, 0.2) is 0 Å². The quantitative estimate of drug-likeness (QED) is 0.582. The summed E-state index contributed by atoms with van der Waals surface area (Å²) in [6.07, 6.45) is 0.